The molecular weight excluding hydrogens is 288 g/mol. The van der Waals surface area contributed by atoms with Gasteiger partial charge in [0.25, 0.3) is 0 Å². The highest BCUT2D eigenvalue weighted by molar-refractivity contribution is 7.89. The van der Waals surface area contributed by atoms with Gasteiger partial charge in [-0.05, 0) is 37.3 Å². The topological polar surface area (TPSA) is 72.6 Å². The van der Waals surface area contributed by atoms with Crippen LogP contribution in [-0.2, 0) is 10.0 Å². The van der Waals surface area contributed by atoms with Crippen LogP contribution < -0.4 is 10.5 Å². The Kier molecular flexibility index (Phi) is 4.78. The van der Waals surface area contributed by atoms with Crippen molar-refractivity contribution in [3.8, 4) is 5.75 Å². The van der Waals surface area contributed by atoms with Crippen molar-refractivity contribution in [3.05, 3.63) is 18.2 Å². The fourth-order valence-corrected chi connectivity index (χ4v) is 3.53. The van der Waals surface area contributed by atoms with Gasteiger partial charge in [-0.1, -0.05) is 13.3 Å². The SMILES string of the molecule is CC1CCCCC1Oc1cc(S(=O)(=O)N(C)C)ccc1N. The van der Waals surface area contributed by atoms with Crippen molar-refractivity contribution < 1.29 is 13.2 Å². The van der Waals surface area contributed by atoms with Crippen LogP contribution in [0.25, 0.3) is 0 Å². The highest BCUT2D eigenvalue weighted by Crippen LogP contribution is 2.32. The summed E-state index contributed by atoms with van der Waals surface area (Å²) in [5, 5.41) is 0. The van der Waals surface area contributed by atoms with Crippen LogP contribution in [0.1, 0.15) is 32.6 Å². The van der Waals surface area contributed by atoms with E-state index < -0.39 is 10.0 Å². The van der Waals surface area contributed by atoms with Gasteiger partial charge in [0.2, 0.25) is 10.0 Å². The Balaban J connectivity index is 2.27. The van der Waals surface area contributed by atoms with Crippen LogP contribution in [0.15, 0.2) is 23.1 Å². The molecule has 6 heteroatoms. The molecule has 21 heavy (non-hydrogen) atoms. The van der Waals surface area contributed by atoms with E-state index in [1.54, 1.807) is 6.07 Å². The molecule has 0 spiro atoms. The molecule has 1 aliphatic rings. The predicted octanol–water partition coefficient (Wildman–Crippen LogP) is 2.48. The lowest BCUT2D eigenvalue weighted by Gasteiger charge is -2.30. The van der Waals surface area contributed by atoms with E-state index >= 15 is 0 Å². The maximum Gasteiger partial charge on any atom is 0.242 e. The maximum absolute atomic E-state index is 12.2. The Morgan fingerprint density at radius 3 is 2.52 bits per heavy atom. The monoisotopic (exact) mass is 312 g/mol. The zero-order valence-electron chi connectivity index (χ0n) is 12.9. The first-order chi connectivity index (χ1) is 9.82. The van der Waals surface area contributed by atoms with Gasteiger partial charge in [0.1, 0.15) is 11.9 Å². The summed E-state index contributed by atoms with van der Waals surface area (Å²) in [6, 6.07) is 4.65. The van der Waals surface area contributed by atoms with Gasteiger partial charge in [-0.3, -0.25) is 0 Å². The first-order valence-electron chi connectivity index (χ1n) is 7.31. The lowest BCUT2D eigenvalue weighted by molar-refractivity contribution is 0.103. The van der Waals surface area contributed by atoms with Crippen molar-refractivity contribution in [2.24, 2.45) is 5.92 Å². The molecule has 1 aliphatic carbocycles. The third-order valence-electron chi connectivity index (χ3n) is 4.07. The number of nitrogen functional groups attached to an aromatic ring is 1. The third-order valence-corrected chi connectivity index (χ3v) is 5.89. The maximum atomic E-state index is 12.2. The van der Waals surface area contributed by atoms with Crippen molar-refractivity contribution in [3.63, 3.8) is 0 Å². The summed E-state index contributed by atoms with van der Waals surface area (Å²) in [5.74, 6) is 0.934. The number of ether oxygens (including phenoxy) is 1. The van der Waals surface area contributed by atoms with Crippen molar-refractivity contribution >= 4 is 15.7 Å². The molecule has 0 amide bonds. The molecule has 0 aromatic heterocycles. The van der Waals surface area contributed by atoms with Crippen molar-refractivity contribution in [1.29, 1.82) is 0 Å². The highest BCUT2D eigenvalue weighted by Gasteiger charge is 2.25. The first kappa shape index (κ1) is 16.1. The molecule has 0 bridgehead atoms. The summed E-state index contributed by atoms with van der Waals surface area (Å²) in [5.41, 5.74) is 6.42. The lowest BCUT2D eigenvalue weighted by Crippen LogP contribution is -2.28. The van der Waals surface area contributed by atoms with Crippen LogP contribution in [0.3, 0.4) is 0 Å². The van der Waals surface area contributed by atoms with Gasteiger partial charge in [-0.15, -0.1) is 0 Å². The fraction of sp³-hybridized carbons (Fsp3) is 0.600. The zero-order valence-corrected chi connectivity index (χ0v) is 13.7. The average molecular weight is 312 g/mol. The van der Waals surface area contributed by atoms with Crippen LogP contribution in [0, 0.1) is 5.92 Å². The van der Waals surface area contributed by atoms with Crippen LogP contribution in [-0.4, -0.2) is 32.9 Å². The van der Waals surface area contributed by atoms with Crippen molar-refractivity contribution in [1.82, 2.24) is 4.31 Å². The summed E-state index contributed by atoms with van der Waals surface area (Å²) >= 11 is 0. The number of sulfonamides is 1. The second-order valence-corrected chi connectivity index (χ2v) is 8.06. The molecule has 0 saturated heterocycles. The van der Waals surface area contributed by atoms with Gasteiger partial charge in [0.05, 0.1) is 10.6 Å². The first-order valence-corrected chi connectivity index (χ1v) is 8.75. The Morgan fingerprint density at radius 2 is 1.90 bits per heavy atom. The number of nitrogens with zero attached hydrogens (tertiary/aromatic N) is 1. The number of hydrogen-bond acceptors (Lipinski definition) is 4. The minimum absolute atomic E-state index is 0.110. The van der Waals surface area contributed by atoms with Gasteiger partial charge in [-0.2, -0.15) is 0 Å². The second kappa shape index (κ2) is 6.23. The van der Waals surface area contributed by atoms with E-state index in [4.69, 9.17) is 10.5 Å². The minimum atomic E-state index is -3.47. The Bertz CT molecular complexity index is 599. The van der Waals surface area contributed by atoms with Crippen LogP contribution in [0.4, 0.5) is 5.69 Å². The van der Waals surface area contributed by atoms with Gasteiger partial charge >= 0.3 is 0 Å². The van der Waals surface area contributed by atoms with E-state index in [9.17, 15) is 8.42 Å². The van der Waals surface area contributed by atoms with Gasteiger partial charge < -0.3 is 10.5 Å². The summed E-state index contributed by atoms with van der Waals surface area (Å²) in [4.78, 5) is 0.208. The highest BCUT2D eigenvalue weighted by atomic mass is 32.2. The molecule has 2 N–H and O–H groups in total. The van der Waals surface area contributed by atoms with E-state index in [0.29, 0.717) is 17.4 Å². The third kappa shape index (κ3) is 3.49. The van der Waals surface area contributed by atoms with Gasteiger partial charge in [0, 0.05) is 20.2 Å². The standard InChI is InChI=1S/C15H24N2O3S/c1-11-6-4-5-7-14(11)20-15-10-12(8-9-13(15)16)21(18,19)17(2)3/h8-11,14H,4-7,16H2,1-3H3. The number of benzene rings is 1. The van der Waals surface area contributed by atoms with Crippen LogP contribution >= 0.6 is 0 Å². The van der Waals surface area contributed by atoms with Crippen molar-refractivity contribution in [2.45, 2.75) is 43.6 Å². The van der Waals surface area contributed by atoms with Crippen LogP contribution in [0.2, 0.25) is 0 Å². The summed E-state index contributed by atoms with van der Waals surface area (Å²) in [6.45, 7) is 2.17. The Hall–Kier alpha value is -1.27. The molecule has 5 nitrogen and oxygen atoms in total. The number of rotatable bonds is 4. The second-order valence-electron chi connectivity index (χ2n) is 5.91. The molecule has 0 aliphatic heterocycles. The molecule has 0 heterocycles. The lowest BCUT2D eigenvalue weighted by atomic mass is 9.88. The zero-order chi connectivity index (χ0) is 15.6. The van der Waals surface area contributed by atoms with E-state index in [1.165, 1.54) is 37.0 Å². The largest absolute Gasteiger partial charge is 0.488 e. The summed E-state index contributed by atoms with van der Waals surface area (Å²) in [7, 11) is -0.454. The predicted molar refractivity (Wildman–Crippen MR) is 83.8 cm³/mol. The molecule has 2 rings (SSSR count). The molecule has 0 radical (unpaired) electrons. The molecule has 1 aromatic rings. The Labute approximate surface area is 127 Å². The van der Waals surface area contributed by atoms with Crippen LogP contribution in [0.5, 0.6) is 5.75 Å². The molecule has 2 atom stereocenters. The molecule has 118 valence electrons. The number of anilines is 1. The fourth-order valence-electron chi connectivity index (χ4n) is 2.61. The van der Waals surface area contributed by atoms with Gasteiger partial charge in [0.15, 0.2) is 0 Å². The van der Waals surface area contributed by atoms with Crippen molar-refractivity contribution in [2.75, 3.05) is 19.8 Å². The molecule has 1 saturated carbocycles. The van der Waals surface area contributed by atoms with E-state index in [-0.39, 0.29) is 11.0 Å². The molecular formula is C15H24N2O3S. The molecule has 1 aromatic carbocycles. The number of nitrogens with two attached hydrogens (primary N) is 1. The summed E-state index contributed by atoms with van der Waals surface area (Å²) in [6.07, 6.45) is 4.61. The minimum Gasteiger partial charge on any atom is -0.488 e. The quantitative estimate of drug-likeness (QED) is 0.867. The Morgan fingerprint density at radius 1 is 1.24 bits per heavy atom. The number of hydrogen-bond donors (Lipinski definition) is 1. The smallest absolute Gasteiger partial charge is 0.242 e. The molecule has 1 fully saturated rings. The van der Waals surface area contributed by atoms with E-state index in [2.05, 4.69) is 6.92 Å². The average Bonchev–Trinajstić information content (AvgIpc) is 2.43. The van der Waals surface area contributed by atoms with E-state index in [1.807, 2.05) is 0 Å². The molecule has 2 unspecified atom stereocenters. The van der Waals surface area contributed by atoms with E-state index in [0.717, 1.165) is 19.3 Å². The van der Waals surface area contributed by atoms with Gasteiger partial charge in [-0.25, -0.2) is 12.7 Å². The summed E-state index contributed by atoms with van der Waals surface area (Å²) < 4.78 is 31.6. The normalized spacial score (nSPS) is 23.2.